The normalized spacial score (nSPS) is 10.9. The van der Waals surface area contributed by atoms with E-state index >= 15 is 0 Å². The number of hydrogen-bond acceptors (Lipinski definition) is 1. The number of nitrogens with one attached hydrogen (secondary N) is 2. The smallest absolute Gasteiger partial charge is 0.191 e. The maximum absolute atomic E-state index is 13.5. The van der Waals surface area contributed by atoms with Crippen LogP contribution in [0.1, 0.15) is 16.7 Å². The van der Waals surface area contributed by atoms with Crippen molar-refractivity contribution in [1.82, 2.24) is 10.6 Å². The highest BCUT2D eigenvalue weighted by molar-refractivity contribution is 14.0. The summed E-state index contributed by atoms with van der Waals surface area (Å²) < 4.78 is 26.3. The summed E-state index contributed by atoms with van der Waals surface area (Å²) in [5.41, 5.74) is 2.54. The van der Waals surface area contributed by atoms with Gasteiger partial charge in [-0.15, -0.1) is 24.0 Å². The number of aryl methyl sites for hydroxylation is 1. The molecule has 0 saturated heterocycles. The van der Waals surface area contributed by atoms with Gasteiger partial charge in [-0.1, -0.05) is 24.3 Å². The number of aliphatic imine (C=N–C) groups is 1. The standard InChI is InChI=1S/C18H21F2N3.HI/c1-13-3-4-15(11-17(13)20)12-23-18(21-2)22-10-9-14-5-7-16(19)8-6-14;/h3-8,11H,9-10,12H2,1-2H3,(H2,21,22,23);1H. The molecule has 0 aliphatic carbocycles. The van der Waals surface area contributed by atoms with Crippen molar-refractivity contribution in [3.05, 3.63) is 70.8 Å². The largest absolute Gasteiger partial charge is 0.356 e. The second-order valence-electron chi connectivity index (χ2n) is 5.31. The van der Waals surface area contributed by atoms with Crippen molar-refractivity contribution in [3.8, 4) is 0 Å². The van der Waals surface area contributed by atoms with Crippen molar-refractivity contribution in [1.29, 1.82) is 0 Å². The zero-order valence-corrected chi connectivity index (χ0v) is 16.1. The average molecular weight is 445 g/mol. The molecule has 6 heteroatoms. The van der Waals surface area contributed by atoms with Gasteiger partial charge < -0.3 is 10.6 Å². The molecule has 0 aromatic heterocycles. The van der Waals surface area contributed by atoms with Gasteiger partial charge in [0.15, 0.2) is 5.96 Å². The summed E-state index contributed by atoms with van der Waals surface area (Å²) in [7, 11) is 1.68. The molecule has 2 aromatic rings. The van der Waals surface area contributed by atoms with E-state index in [-0.39, 0.29) is 35.6 Å². The maximum atomic E-state index is 13.5. The van der Waals surface area contributed by atoms with Crippen LogP contribution in [-0.2, 0) is 13.0 Å². The minimum absolute atomic E-state index is 0. The highest BCUT2D eigenvalue weighted by Crippen LogP contribution is 2.08. The first-order valence-corrected chi connectivity index (χ1v) is 7.52. The van der Waals surface area contributed by atoms with Gasteiger partial charge in [0, 0.05) is 20.1 Å². The fraction of sp³-hybridized carbons (Fsp3) is 0.278. The Labute approximate surface area is 158 Å². The third-order valence-electron chi connectivity index (χ3n) is 3.54. The summed E-state index contributed by atoms with van der Waals surface area (Å²) in [5, 5.41) is 6.32. The van der Waals surface area contributed by atoms with Crippen LogP contribution in [0.15, 0.2) is 47.5 Å². The minimum atomic E-state index is -0.232. The predicted molar refractivity (Wildman–Crippen MR) is 105 cm³/mol. The first kappa shape index (κ1) is 20.3. The molecule has 0 aliphatic rings. The van der Waals surface area contributed by atoms with Gasteiger partial charge in [0.2, 0.25) is 0 Å². The molecule has 0 saturated carbocycles. The molecule has 0 fully saturated rings. The van der Waals surface area contributed by atoms with E-state index in [1.165, 1.54) is 18.2 Å². The summed E-state index contributed by atoms with van der Waals surface area (Å²) >= 11 is 0. The van der Waals surface area contributed by atoms with Gasteiger partial charge in [0.05, 0.1) is 0 Å². The Morgan fingerprint density at radius 3 is 2.29 bits per heavy atom. The number of benzene rings is 2. The second kappa shape index (κ2) is 10.2. The number of nitrogens with zero attached hydrogens (tertiary/aromatic N) is 1. The topological polar surface area (TPSA) is 36.4 Å². The molecular weight excluding hydrogens is 423 g/mol. The first-order chi connectivity index (χ1) is 11.1. The van der Waals surface area contributed by atoms with E-state index in [1.807, 2.05) is 6.07 Å². The molecule has 130 valence electrons. The molecule has 2 rings (SSSR count). The van der Waals surface area contributed by atoms with Crippen molar-refractivity contribution < 1.29 is 8.78 Å². The van der Waals surface area contributed by atoms with Gasteiger partial charge in [0.25, 0.3) is 0 Å². The highest BCUT2D eigenvalue weighted by Gasteiger charge is 2.02. The zero-order chi connectivity index (χ0) is 16.7. The van der Waals surface area contributed by atoms with Crippen LogP contribution in [0.4, 0.5) is 8.78 Å². The summed E-state index contributed by atoms with van der Waals surface area (Å²) in [6.07, 6.45) is 0.764. The molecule has 0 radical (unpaired) electrons. The molecule has 3 nitrogen and oxygen atoms in total. The molecular formula is C18H22F2IN3. The number of guanidine groups is 1. The molecule has 0 heterocycles. The molecule has 0 spiro atoms. The molecule has 2 aromatic carbocycles. The van der Waals surface area contributed by atoms with Gasteiger partial charge >= 0.3 is 0 Å². The van der Waals surface area contributed by atoms with Gasteiger partial charge in [-0.05, 0) is 48.2 Å². The van der Waals surface area contributed by atoms with E-state index in [2.05, 4.69) is 15.6 Å². The lowest BCUT2D eigenvalue weighted by Crippen LogP contribution is -2.37. The van der Waals surface area contributed by atoms with Gasteiger partial charge in [-0.3, -0.25) is 4.99 Å². The summed E-state index contributed by atoms with van der Waals surface area (Å²) in [5.74, 6) is 0.209. The zero-order valence-electron chi connectivity index (χ0n) is 13.8. The Kier molecular flexibility index (Phi) is 8.67. The summed E-state index contributed by atoms with van der Waals surface area (Å²) in [6.45, 7) is 2.91. The van der Waals surface area contributed by atoms with Crippen molar-refractivity contribution in [2.75, 3.05) is 13.6 Å². The third-order valence-corrected chi connectivity index (χ3v) is 3.54. The van der Waals surface area contributed by atoms with E-state index in [1.54, 1.807) is 32.2 Å². The molecule has 0 atom stereocenters. The summed E-state index contributed by atoms with van der Waals surface area (Å²) in [6, 6.07) is 11.6. The third kappa shape index (κ3) is 6.43. The Balaban J connectivity index is 0.00000288. The van der Waals surface area contributed by atoms with Crippen LogP contribution in [-0.4, -0.2) is 19.6 Å². The lowest BCUT2D eigenvalue weighted by atomic mass is 10.1. The summed E-state index contributed by atoms with van der Waals surface area (Å²) in [4.78, 5) is 4.13. The first-order valence-electron chi connectivity index (χ1n) is 7.52. The number of halogens is 3. The quantitative estimate of drug-likeness (QED) is 0.418. The van der Waals surface area contributed by atoms with Crippen molar-refractivity contribution in [2.24, 2.45) is 4.99 Å². The van der Waals surface area contributed by atoms with Crippen LogP contribution in [0, 0.1) is 18.6 Å². The molecule has 0 aliphatic heterocycles. The second-order valence-corrected chi connectivity index (χ2v) is 5.31. The SMILES string of the molecule is CN=C(NCCc1ccc(F)cc1)NCc1ccc(C)c(F)c1.I. The molecule has 24 heavy (non-hydrogen) atoms. The average Bonchev–Trinajstić information content (AvgIpc) is 2.55. The van der Waals surface area contributed by atoms with E-state index in [9.17, 15) is 8.78 Å². The minimum Gasteiger partial charge on any atom is -0.356 e. The van der Waals surface area contributed by atoms with E-state index in [0.717, 1.165) is 17.5 Å². The monoisotopic (exact) mass is 445 g/mol. The lowest BCUT2D eigenvalue weighted by molar-refractivity contribution is 0.615. The lowest BCUT2D eigenvalue weighted by Gasteiger charge is -2.12. The fourth-order valence-electron chi connectivity index (χ4n) is 2.13. The van der Waals surface area contributed by atoms with Crippen molar-refractivity contribution in [2.45, 2.75) is 19.9 Å². The van der Waals surface area contributed by atoms with E-state index in [0.29, 0.717) is 24.6 Å². The van der Waals surface area contributed by atoms with Crippen LogP contribution >= 0.6 is 24.0 Å². The Bertz CT molecular complexity index is 672. The van der Waals surface area contributed by atoms with Crippen LogP contribution in [0.2, 0.25) is 0 Å². The molecule has 0 amide bonds. The molecule has 0 unspecified atom stereocenters. The number of hydrogen-bond donors (Lipinski definition) is 2. The highest BCUT2D eigenvalue weighted by atomic mass is 127. The van der Waals surface area contributed by atoms with Gasteiger partial charge in [-0.2, -0.15) is 0 Å². The van der Waals surface area contributed by atoms with E-state index < -0.39 is 0 Å². The van der Waals surface area contributed by atoms with Crippen LogP contribution in [0.5, 0.6) is 0 Å². The van der Waals surface area contributed by atoms with E-state index in [4.69, 9.17) is 0 Å². The number of rotatable bonds is 5. The van der Waals surface area contributed by atoms with Gasteiger partial charge in [-0.25, -0.2) is 8.78 Å². The molecule has 0 bridgehead atoms. The van der Waals surface area contributed by atoms with Crippen LogP contribution < -0.4 is 10.6 Å². The van der Waals surface area contributed by atoms with Crippen LogP contribution in [0.3, 0.4) is 0 Å². The maximum Gasteiger partial charge on any atom is 0.191 e. The molecule has 2 N–H and O–H groups in total. The Morgan fingerprint density at radius 1 is 1.00 bits per heavy atom. The van der Waals surface area contributed by atoms with Crippen molar-refractivity contribution >= 4 is 29.9 Å². The van der Waals surface area contributed by atoms with Crippen LogP contribution in [0.25, 0.3) is 0 Å². The Hall–Kier alpha value is -1.70. The van der Waals surface area contributed by atoms with Gasteiger partial charge in [0.1, 0.15) is 11.6 Å². The fourth-order valence-corrected chi connectivity index (χ4v) is 2.13. The van der Waals surface area contributed by atoms with Crippen molar-refractivity contribution in [3.63, 3.8) is 0 Å². The Morgan fingerprint density at radius 2 is 1.67 bits per heavy atom. The predicted octanol–water partition coefficient (Wildman–Crippen LogP) is 3.80.